The van der Waals surface area contributed by atoms with Gasteiger partial charge in [-0.15, -0.1) is 15.3 Å². The van der Waals surface area contributed by atoms with Gasteiger partial charge in [-0.3, -0.25) is 4.79 Å². The van der Waals surface area contributed by atoms with Gasteiger partial charge in [0, 0.05) is 11.8 Å². The van der Waals surface area contributed by atoms with Crippen molar-refractivity contribution >= 4 is 16.7 Å². The lowest BCUT2D eigenvalue weighted by Gasteiger charge is -2.13. The largest absolute Gasteiger partial charge is 0.497 e. The number of aromatic nitrogens is 8. The first-order valence-electron chi connectivity index (χ1n) is 9.30. The SMILES string of the molecule is COc1ccc(-c2c3c(=O)n(-n4c(C)nnc4C)ccc3nc3nc(C)nn23)cc1. The molecule has 0 atom stereocenters. The molecular formula is C20H18N8O2. The van der Waals surface area contributed by atoms with E-state index in [1.807, 2.05) is 24.3 Å². The van der Waals surface area contributed by atoms with Crippen molar-refractivity contribution in [1.82, 2.24) is 39.1 Å². The smallest absolute Gasteiger partial charge is 0.281 e. The van der Waals surface area contributed by atoms with E-state index in [0.29, 0.717) is 39.8 Å². The Balaban J connectivity index is 1.92. The topological polar surface area (TPSA) is 105 Å². The number of hydrogen-bond donors (Lipinski definition) is 0. The van der Waals surface area contributed by atoms with Gasteiger partial charge >= 0.3 is 0 Å². The van der Waals surface area contributed by atoms with E-state index in [1.165, 1.54) is 4.68 Å². The summed E-state index contributed by atoms with van der Waals surface area (Å²) in [6.07, 6.45) is 1.67. The van der Waals surface area contributed by atoms with Crippen LogP contribution in [0.3, 0.4) is 0 Å². The number of pyridine rings is 1. The molecule has 0 saturated carbocycles. The number of rotatable bonds is 3. The molecule has 4 aromatic heterocycles. The van der Waals surface area contributed by atoms with Gasteiger partial charge in [0.05, 0.1) is 23.7 Å². The Morgan fingerprint density at radius 3 is 2.30 bits per heavy atom. The van der Waals surface area contributed by atoms with Crippen LogP contribution in [-0.4, -0.2) is 46.2 Å². The third kappa shape index (κ3) is 2.57. The average Bonchev–Trinajstić information content (AvgIpc) is 3.28. The Labute approximate surface area is 170 Å². The van der Waals surface area contributed by atoms with Crippen LogP contribution in [0.1, 0.15) is 17.5 Å². The van der Waals surface area contributed by atoms with Crippen LogP contribution < -0.4 is 10.3 Å². The summed E-state index contributed by atoms with van der Waals surface area (Å²) < 4.78 is 10.0. The van der Waals surface area contributed by atoms with E-state index in [0.717, 1.165) is 11.3 Å². The van der Waals surface area contributed by atoms with Crippen LogP contribution >= 0.6 is 0 Å². The molecule has 10 nitrogen and oxygen atoms in total. The molecule has 0 saturated heterocycles. The van der Waals surface area contributed by atoms with E-state index >= 15 is 0 Å². The molecule has 0 fully saturated rings. The molecule has 0 unspecified atom stereocenters. The molecule has 0 aliphatic rings. The van der Waals surface area contributed by atoms with Crippen molar-refractivity contribution in [3.63, 3.8) is 0 Å². The Morgan fingerprint density at radius 2 is 1.63 bits per heavy atom. The number of fused-ring (bicyclic) bond motifs is 2. The molecule has 5 rings (SSSR count). The third-order valence-electron chi connectivity index (χ3n) is 4.95. The highest BCUT2D eigenvalue weighted by molar-refractivity contribution is 5.93. The van der Waals surface area contributed by atoms with Crippen molar-refractivity contribution in [2.45, 2.75) is 20.8 Å². The third-order valence-corrected chi connectivity index (χ3v) is 4.95. The predicted octanol–water partition coefficient (Wildman–Crippen LogP) is 1.94. The summed E-state index contributed by atoms with van der Waals surface area (Å²) in [7, 11) is 1.61. The maximum Gasteiger partial charge on any atom is 0.281 e. The van der Waals surface area contributed by atoms with E-state index in [4.69, 9.17) is 4.74 Å². The number of aryl methyl sites for hydroxylation is 3. The van der Waals surface area contributed by atoms with Gasteiger partial charge in [-0.25, -0.2) is 14.3 Å². The highest BCUT2D eigenvalue weighted by atomic mass is 16.5. The number of methoxy groups -OCH3 is 1. The van der Waals surface area contributed by atoms with Gasteiger partial charge < -0.3 is 4.74 Å². The normalized spacial score (nSPS) is 11.5. The average molecular weight is 402 g/mol. The zero-order valence-electron chi connectivity index (χ0n) is 16.9. The van der Waals surface area contributed by atoms with Crippen LogP contribution in [-0.2, 0) is 0 Å². The molecule has 0 spiro atoms. The van der Waals surface area contributed by atoms with Crippen LogP contribution in [0.5, 0.6) is 5.75 Å². The standard InChI is InChI=1S/C20H18N8O2/c1-11-21-20-22-16-9-10-26(28-12(2)23-24-13(28)3)19(29)17(16)18(27(20)25-11)14-5-7-15(30-4)8-6-14/h5-10H,1-4H3. The van der Waals surface area contributed by atoms with Crippen molar-refractivity contribution in [3.8, 4) is 17.0 Å². The molecule has 0 bridgehead atoms. The number of nitrogens with zero attached hydrogens (tertiary/aromatic N) is 8. The van der Waals surface area contributed by atoms with E-state index < -0.39 is 0 Å². The van der Waals surface area contributed by atoms with Gasteiger partial charge in [0.2, 0.25) is 0 Å². The maximum atomic E-state index is 13.7. The lowest BCUT2D eigenvalue weighted by molar-refractivity contribution is 0.415. The quantitative estimate of drug-likeness (QED) is 0.454. The fourth-order valence-electron chi connectivity index (χ4n) is 3.62. The molecule has 0 radical (unpaired) electrons. The minimum atomic E-state index is -0.258. The van der Waals surface area contributed by atoms with Crippen LogP contribution in [0.25, 0.3) is 27.9 Å². The second-order valence-electron chi connectivity index (χ2n) is 6.89. The lowest BCUT2D eigenvalue weighted by Crippen LogP contribution is -2.28. The Kier molecular flexibility index (Phi) is 3.88. The van der Waals surface area contributed by atoms with E-state index in [2.05, 4.69) is 25.3 Å². The highest BCUT2D eigenvalue weighted by Crippen LogP contribution is 2.28. The first-order chi connectivity index (χ1) is 14.5. The molecule has 4 heterocycles. The summed E-state index contributed by atoms with van der Waals surface area (Å²) in [5, 5.41) is 13.0. The number of hydrogen-bond acceptors (Lipinski definition) is 7. The molecule has 10 heteroatoms. The highest BCUT2D eigenvalue weighted by Gasteiger charge is 2.19. The van der Waals surface area contributed by atoms with Gasteiger partial charge in [0.15, 0.2) is 0 Å². The molecule has 5 aromatic rings. The Bertz CT molecular complexity index is 1460. The minimum Gasteiger partial charge on any atom is -0.497 e. The van der Waals surface area contributed by atoms with Crippen LogP contribution in [0.2, 0.25) is 0 Å². The van der Waals surface area contributed by atoms with E-state index in [1.54, 1.807) is 49.3 Å². The van der Waals surface area contributed by atoms with Crippen molar-refractivity contribution in [1.29, 1.82) is 0 Å². The molecule has 0 amide bonds. The van der Waals surface area contributed by atoms with Crippen LogP contribution in [0.4, 0.5) is 0 Å². The van der Waals surface area contributed by atoms with Gasteiger partial charge in [0.1, 0.15) is 23.2 Å². The first kappa shape index (κ1) is 18.0. The van der Waals surface area contributed by atoms with Crippen LogP contribution in [0.15, 0.2) is 41.3 Å². The summed E-state index contributed by atoms with van der Waals surface area (Å²) in [6.45, 7) is 5.38. The Hall–Kier alpha value is -4.08. The second-order valence-corrected chi connectivity index (χ2v) is 6.89. The minimum absolute atomic E-state index is 0.258. The van der Waals surface area contributed by atoms with E-state index in [9.17, 15) is 4.79 Å². The molecule has 30 heavy (non-hydrogen) atoms. The zero-order chi connectivity index (χ0) is 21.0. The van der Waals surface area contributed by atoms with Crippen molar-refractivity contribution in [2.24, 2.45) is 0 Å². The lowest BCUT2D eigenvalue weighted by atomic mass is 10.1. The second kappa shape index (κ2) is 6.48. The molecule has 0 aliphatic heterocycles. The monoisotopic (exact) mass is 402 g/mol. The summed E-state index contributed by atoms with van der Waals surface area (Å²) >= 11 is 0. The Morgan fingerprint density at radius 1 is 0.933 bits per heavy atom. The van der Waals surface area contributed by atoms with Gasteiger partial charge in [0.25, 0.3) is 11.3 Å². The summed E-state index contributed by atoms with van der Waals surface area (Å²) in [6, 6.07) is 9.23. The molecule has 0 N–H and O–H groups in total. The maximum absolute atomic E-state index is 13.7. The summed E-state index contributed by atoms with van der Waals surface area (Å²) in [5.74, 6) is 2.92. The predicted molar refractivity (Wildman–Crippen MR) is 110 cm³/mol. The summed E-state index contributed by atoms with van der Waals surface area (Å²) in [5.41, 5.74) is 1.68. The number of ether oxygens (including phenoxy) is 1. The van der Waals surface area contributed by atoms with Crippen LogP contribution in [0, 0.1) is 20.8 Å². The first-order valence-corrected chi connectivity index (χ1v) is 9.30. The van der Waals surface area contributed by atoms with Gasteiger partial charge in [-0.2, -0.15) is 9.50 Å². The van der Waals surface area contributed by atoms with Crippen molar-refractivity contribution in [2.75, 3.05) is 7.11 Å². The molecule has 1 aromatic carbocycles. The van der Waals surface area contributed by atoms with Gasteiger partial charge in [-0.05, 0) is 51.1 Å². The molecular weight excluding hydrogens is 384 g/mol. The van der Waals surface area contributed by atoms with E-state index in [-0.39, 0.29) is 5.56 Å². The fourth-order valence-corrected chi connectivity index (χ4v) is 3.62. The summed E-state index contributed by atoms with van der Waals surface area (Å²) in [4.78, 5) is 22.6. The van der Waals surface area contributed by atoms with Gasteiger partial charge in [-0.1, -0.05) is 0 Å². The zero-order valence-corrected chi connectivity index (χ0v) is 16.9. The molecule has 150 valence electrons. The van der Waals surface area contributed by atoms with Crippen molar-refractivity contribution in [3.05, 3.63) is 64.4 Å². The number of benzene rings is 1. The van der Waals surface area contributed by atoms with Crippen molar-refractivity contribution < 1.29 is 4.74 Å². The molecule has 0 aliphatic carbocycles. The fraction of sp³-hybridized carbons (Fsp3) is 0.200.